The summed E-state index contributed by atoms with van der Waals surface area (Å²) in [6, 6.07) is 6.71. The first kappa shape index (κ1) is 23.7. The van der Waals surface area contributed by atoms with E-state index >= 15 is 0 Å². The normalized spacial score (nSPS) is 10.5. The minimum absolute atomic E-state index is 0.0348. The standard InChI is InChI=1S/C19H23N5O6S/c1-28-18(26)6-7-31-17-10-16(23-24-19(27)29-2)21-15(22-17)9-12-4-5-13(11-20-30-3)14(25)8-12/h4-5,8,10-11,25H,6-7,9H2,1-3H3,(H,24,27)(H,21,22,23)/b20-11+. The van der Waals surface area contributed by atoms with E-state index in [9.17, 15) is 14.7 Å². The van der Waals surface area contributed by atoms with Gasteiger partial charge in [0.25, 0.3) is 0 Å². The van der Waals surface area contributed by atoms with Crippen LogP contribution in [0, 0.1) is 0 Å². The number of hydrazine groups is 1. The van der Waals surface area contributed by atoms with Crippen LogP contribution in [-0.2, 0) is 25.5 Å². The SMILES string of the molecule is CO/N=C/c1ccc(Cc2nc(NNC(=O)OC)cc(SCCC(=O)OC)n2)cc1O. The molecule has 3 N–H and O–H groups in total. The number of oxime groups is 1. The molecule has 0 saturated carbocycles. The molecule has 1 aromatic heterocycles. The summed E-state index contributed by atoms with van der Waals surface area (Å²) < 4.78 is 9.16. The van der Waals surface area contributed by atoms with Crippen molar-refractivity contribution in [3.8, 4) is 5.75 Å². The second-order valence-corrected chi connectivity index (χ2v) is 7.03. The number of phenols is 1. The summed E-state index contributed by atoms with van der Waals surface area (Å²) in [5.41, 5.74) is 6.25. The van der Waals surface area contributed by atoms with Crippen LogP contribution in [0.2, 0.25) is 0 Å². The number of amides is 1. The summed E-state index contributed by atoms with van der Waals surface area (Å²) in [6.45, 7) is 0. The van der Waals surface area contributed by atoms with Crippen molar-refractivity contribution in [3.05, 3.63) is 41.2 Å². The van der Waals surface area contributed by atoms with E-state index in [1.54, 1.807) is 24.3 Å². The molecule has 166 valence electrons. The molecule has 0 bridgehead atoms. The maximum Gasteiger partial charge on any atom is 0.425 e. The fourth-order valence-corrected chi connectivity index (χ4v) is 3.14. The van der Waals surface area contributed by atoms with Crippen LogP contribution in [0.4, 0.5) is 10.6 Å². The predicted molar refractivity (Wildman–Crippen MR) is 114 cm³/mol. The fraction of sp³-hybridized carbons (Fsp3) is 0.316. The van der Waals surface area contributed by atoms with Crippen LogP contribution in [0.3, 0.4) is 0 Å². The van der Waals surface area contributed by atoms with Crippen molar-refractivity contribution in [1.82, 2.24) is 15.4 Å². The van der Waals surface area contributed by atoms with Crippen LogP contribution in [0.5, 0.6) is 5.75 Å². The molecule has 0 aliphatic carbocycles. The van der Waals surface area contributed by atoms with Crippen molar-refractivity contribution in [2.24, 2.45) is 5.16 Å². The first-order chi connectivity index (χ1) is 14.9. The Labute approximate surface area is 183 Å². The number of thioether (sulfide) groups is 1. The van der Waals surface area contributed by atoms with Gasteiger partial charge >= 0.3 is 12.1 Å². The number of anilines is 1. The molecule has 1 heterocycles. The number of ether oxygens (including phenoxy) is 2. The van der Waals surface area contributed by atoms with Crippen LogP contribution >= 0.6 is 11.8 Å². The topological polar surface area (TPSA) is 144 Å². The number of rotatable bonds is 10. The minimum Gasteiger partial charge on any atom is -0.507 e. The number of nitrogens with one attached hydrogen (secondary N) is 2. The average molecular weight is 449 g/mol. The molecule has 0 saturated heterocycles. The Balaban J connectivity index is 2.20. The summed E-state index contributed by atoms with van der Waals surface area (Å²) in [6.07, 6.45) is 1.25. The summed E-state index contributed by atoms with van der Waals surface area (Å²) in [4.78, 5) is 36.1. The maximum atomic E-state index is 11.3. The highest BCUT2D eigenvalue weighted by Gasteiger charge is 2.10. The molecule has 1 amide bonds. The van der Waals surface area contributed by atoms with Crippen molar-refractivity contribution in [2.45, 2.75) is 17.9 Å². The highest BCUT2D eigenvalue weighted by Crippen LogP contribution is 2.22. The van der Waals surface area contributed by atoms with Gasteiger partial charge in [-0.05, 0) is 17.7 Å². The quantitative estimate of drug-likeness (QED) is 0.162. The fourth-order valence-electron chi connectivity index (χ4n) is 2.30. The number of aromatic hydroxyl groups is 1. The van der Waals surface area contributed by atoms with Crippen molar-refractivity contribution >= 4 is 35.9 Å². The zero-order chi connectivity index (χ0) is 22.6. The molecule has 31 heavy (non-hydrogen) atoms. The van der Waals surface area contributed by atoms with E-state index in [2.05, 4.69) is 40.3 Å². The second kappa shape index (κ2) is 12.2. The molecule has 0 atom stereocenters. The van der Waals surface area contributed by atoms with Crippen LogP contribution in [0.25, 0.3) is 0 Å². The number of carbonyl (C=O) groups excluding carboxylic acids is 2. The van der Waals surface area contributed by atoms with Crippen molar-refractivity contribution in [3.63, 3.8) is 0 Å². The molecule has 1 aromatic carbocycles. The van der Waals surface area contributed by atoms with Gasteiger partial charge in [0.1, 0.15) is 29.5 Å². The maximum absolute atomic E-state index is 11.3. The molecule has 0 spiro atoms. The van der Waals surface area contributed by atoms with Crippen molar-refractivity contribution < 1.29 is 29.0 Å². The number of methoxy groups -OCH3 is 2. The van der Waals surface area contributed by atoms with Gasteiger partial charge in [-0.2, -0.15) is 0 Å². The summed E-state index contributed by atoms with van der Waals surface area (Å²) >= 11 is 1.34. The minimum atomic E-state index is -0.682. The monoisotopic (exact) mass is 449 g/mol. The Morgan fingerprint density at radius 2 is 2.00 bits per heavy atom. The summed E-state index contributed by atoms with van der Waals surface area (Å²) in [7, 11) is 3.98. The third-order valence-corrected chi connectivity index (χ3v) is 4.68. The molecule has 11 nitrogen and oxygen atoms in total. The molecular weight excluding hydrogens is 426 g/mol. The predicted octanol–water partition coefficient (Wildman–Crippen LogP) is 2.09. The third kappa shape index (κ3) is 8.01. The van der Waals surface area contributed by atoms with Crippen molar-refractivity contribution in [2.75, 3.05) is 32.5 Å². The lowest BCUT2D eigenvalue weighted by Crippen LogP contribution is -2.29. The zero-order valence-electron chi connectivity index (χ0n) is 17.2. The van der Waals surface area contributed by atoms with Gasteiger partial charge in [-0.25, -0.2) is 20.2 Å². The lowest BCUT2D eigenvalue weighted by molar-refractivity contribution is -0.140. The Kier molecular flexibility index (Phi) is 9.36. The van der Waals surface area contributed by atoms with Gasteiger partial charge in [-0.3, -0.25) is 10.2 Å². The average Bonchev–Trinajstić information content (AvgIpc) is 2.76. The Hall–Kier alpha value is -3.54. The van der Waals surface area contributed by atoms with Crippen LogP contribution in [-0.4, -0.2) is 60.4 Å². The molecule has 0 aliphatic heterocycles. The van der Waals surface area contributed by atoms with E-state index in [-0.39, 0.29) is 18.1 Å². The van der Waals surface area contributed by atoms with Gasteiger partial charge in [-0.15, -0.1) is 11.8 Å². The summed E-state index contributed by atoms with van der Waals surface area (Å²) in [5.74, 6) is 0.952. The van der Waals surface area contributed by atoms with Gasteiger partial charge in [-0.1, -0.05) is 11.2 Å². The smallest absolute Gasteiger partial charge is 0.425 e. The van der Waals surface area contributed by atoms with Gasteiger partial charge in [0.2, 0.25) is 0 Å². The van der Waals surface area contributed by atoms with Gasteiger partial charge in [0, 0.05) is 23.8 Å². The van der Waals surface area contributed by atoms with E-state index in [1.807, 2.05) is 0 Å². The van der Waals surface area contributed by atoms with Gasteiger partial charge in [0.05, 0.1) is 26.9 Å². The zero-order valence-corrected chi connectivity index (χ0v) is 18.1. The van der Waals surface area contributed by atoms with Gasteiger partial charge in [0.15, 0.2) is 0 Å². The molecule has 12 heteroatoms. The number of hydrogen-bond acceptors (Lipinski definition) is 11. The second-order valence-electron chi connectivity index (χ2n) is 5.91. The Bertz CT molecular complexity index is 940. The van der Waals surface area contributed by atoms with E-state index in [1.165, 1.54) is 39.3 Å². The van der Waals surface area contributed by atoms with Crippen molar-refractivity contribution in [1.29, 1.82) is 0 Å². The van der Waals surface area contributed by atoms with Crippen LogP contribution < -0.4 is 10.9 Å². The molecule has 0 unspecified atom stereocenters. The van der Waals surface area contributed by atoms with E-state index in [0.29, 0.717) is 34.4 Å². The first-order valence-electron chi connectivity index (χ1n) is 9.01. The van der Waals surface area contributed by atoms with Gasteiger partial charge < -0.3 is 19.4 Å². The number of phenolic OH excluding ortho intramolecular Hbond substituents is 1. The van der Waals surface area contributed by atoms with E-state index in [4.69, 9.17) is 0 Å². The third-order valence-electron chi connectivity index (χ3n) is 3.77. The first-order valence-corrected chi connectivity index (χ1v) is 9.99. The Morgan fingerprint density at radius 1 is 1.19 bits per heavy atom. The Morgan fingerprint density at radius 3 is 2.68 bits per heavy atom. The number of nitrogens with zero attached hydrogens (tertiary/aromatic N) is 3. The highest BCUT2D eigenvalue weighted by atomic mass is 32.2. The summed E-state index contributed by atoms with van der Waals surface area (Å²) in [5, 5.41) is 14.4. The number of hydrogen-bond donors (Lipinski definition) is 3. The number of benzene rings is 1. The molecule has 0 radical (unpaired) electrons. The molecule has 0 aliphatic rings. The number of aromatic nitrogens is 2. The van der Waals surface area contributed by atoms with E-state index in [0.717, 1.165) is 5.56 Å². The van der Waals surface area contributed by atoms with Crippen LogP contribution in [0.1, 0.15) is 23.4 Å². The van der Waals surface area contributed by atoms with Crippen LogP contribution in [0.15, 0.2) is 34.4 Å². The molecular formula is C19H23N5O6S. The van der Waals surface area contributed by atoms with E-state index < -0.39 is 6.09 Å². The number of carbonyl (C=O) groups is 2. The highest BCUT2D eigenvalue weighted by molar-refractivity contribution is 7.99. The largest absolute Gasteiger partial charge is 0.507 e. The lowest BCUT2D eigenvalue weighted by atomic mass is 10.1. The number of esters is 1. The lowest BCUT2D eigenvalue weighted by Gasteiger charge is -2.11. The molecule has 2 rings (SSSR count). The molecule has 2 aromatic rings. The molecule has 0 fully saturated rings.